The van der Waals surface area contributed by atoms with E-state index in [4.69, 9.17) is 38.7 Å². The predicted octanol–water partition coefficient (Wildman–Crippen LogP) is 3.51. The van der Waals surface area contributed by atoms with Crippen LogP contribution >= 0.6 is 0 Å². The topological polar surface area (TPSA) is 130 Å². The van der Waals surface area contributed by atoms with Crippen LogP contribution in [0.25, 0.3) is 10.4 Å². The van der Waals surface area contributed by atoms with Crippen LogP contribution in [0.1, 0.15) is 26.3 Å². The van der Waals surface area contributed by atoms with Gasteiger partial charge in [0.25, 0.3) is 0 Å². The Balaban J connectivity index is 1.68. The lowest BCUT2D eigenvalue weighted by Crippen LogP contribution is -2.53. The molecule has 0 saturated carbocycles. The highest BCUT2D eigenvalue weighted by atomic mass is 16.7. The average molecular weight is 510 g/mol. The van der Waals surface area contributed by atoms with Crippen LogP contribution in [0, 0.1) is 11.8 Å². The van der Waals surface area contributed by atoms with Crippen molar-refractivity contribution in [2.75, 3.05) is 59.4 Å². The van der Waals surface area contributed by atoms with Crippen LogP contribution in [0.15, 0.2) is 35.4 Å². The van der Waals surface area contributed by atoms with Crippen LogP contribution in [-0.4, -0.2) is 83.9 Å². The number of hydrogen-bond acceptors (Lipinski definition) is 9. The fraction of sp³-hybridized carbons (Fsp3) is 0.720. The zero-order valence-corrected chi connectivity index (χ0v) is 21.5. The van der Waals surface area contributed by atoms with Crippen molar-refractivity contribution in [3.8, 4) is 0 Å². The van der Waals surface area contributed by atoms with E-state index in [-0.39, 0.29) is 30.5 Å². The number of rotatable bonds is 18. The van der Waals surface area contributed by atoms with Crippen molar-refractivity contribution in [2.24, 2.45) is 17.0 Å². The lowest BCUT2D eigenvalue weighted by atomic mass is 9.83. The molecule has 0 aliphatic carbocycles. The molecule has 11 nitrogen and oxygen atoms in total. The second kappa shape index (κ2) is 18.1. The lowest BCUT2D eigenvalue weighted by Gasteiger charge is -2.43. The molecule has 202 valence electrons. The highest BCUT2D eigenvalue weighted by molar-refractivity contribution is 5.66. The minimum atomic E-state index is -0.701. The maximum atomic E-state index is 11.7. The highest BCUT2D eigenvalue weighted by Crippen LogP contribution is 2.33. The molecule has 5 atom stereocenters. The minimum Gasteiger partial charge on any atom is -0.457 e. The predicted molar refractivity (Wildman–Crippen MR) is 131 cm³/mol. The first-order valence-corrected chi connectivity index (χ1v) is 12.3. The molecule has 0 aromatic heterocycles. The van der Waals surface area contributed by atoms with Gasteiger partial charge in [0, 0.05) is 24.3 Å². The van der Waals surface area contributed by atoms with E-state index in [2.05, 4.69) is 16.9 Å². The summed E-state index contributed by atoms with van der Waals surface area (Å²) in [5.41, 5.74) is 9.27. The van der Waals surface area contributed by atoms with Gasteiger partial charge in [0.1, 0.15) is 0 Å². The Morgan fingerprint density at radius 2 is 1.58 bits per heavy atom. The Hall–Kier alpha value is -2.24. The number of hydrogen-bond donors (Lipinski definition) is 0. The van der Waals surface area contributed by atoms with Crippen molar-refractivity contribution < 1.29 is 38.0 Å². The summed E-state index contributed by atoms with van der Waals surface area (Å²) < 4.78 is 39.8. The molecule has 2 unspecified atom stereocenters. The third-order valence-corrected chi connectivity index (χ3v) is 5.86. The molecular formula is C25H39N3O8. The van der Waals surface area contributed by atoms with Crippen molar-refractivity contribution in [3.63, 3.8) is 0 Å². The minimum absolute atomic E-state index is 0.0289. The molecule has 0 amide bonds. The molecule has 0 radical (unpaired) electrons. The fourth-order valence-corrected chi connectivity index (χ4v) is 3.72. The Morgan fingerprint density at radius 1 is 0.944 bits per heavy atom. The van der Waals surface area contributed by atoms with Crippen molar-refractivity contribution >= 4 is 5.97 Å². The molecular weight excluding hydrogens is 470 g/mol. The monoisotopic (exact) mass is 509 g/mol. The van der Waals surface area contributed by atoms with E-state index in [1.54, 1.807) is 0 Å². The van der Waals surface area contributed by atoms with E-state index < -0.39 is 12.4 Å². The molecule has 0 spiro atoms. The number of ether oxygens (including phenoxy) is 7. The molecule has 1 saturated heterocycles. The summed E-state index contributed by atoms with van der Waals surface area (Å²) >= 11 is 0. The number of nitrogens with zero attached hydrogens (tertiary/aromatic N) is 3. The van der Waals surface area contributed by atoms with E-state index in [9.17, 15) is 4.79 Å². The molecule has 1 aromatic carbocycles. The van der Waals surface area contributed by atoms with Crippen molar-refractivity contribution in [2.45, 2.75) is 45.9 Å². The van der Waals surface area contributed by atoms with Gasteiger partial charge in [-0.25, -0.2) is 0 Å². The smallest absolute Gasteiger partial charge is 0.303 e. The standard InChI is InChI=1S/C25H39N3O8/c1-19-20(2)24(35-21(3)29)25(36-23(19)18-33-17-22-7-5-4-6-8-22)34-16-15-32-14-13-31-12-11-30-10-9-27-28-26/h4-8,19-20,23-25H,9-18H2,1-3H3/t19-,20?,23?,24+,25-/m0/s1. The number of esters is 1. The zero-order chi connectivity index (χ0) is 26.0. The van der Waals surface area contributed by atoms with Gasteiger partial charge in [0.15, 0.2) is 12.4 Å². The van der Waals surface area contributed by atoms with Gasteiger partial charge in [0.05, 0.1) is 65.6 Å². The molecule has 36 heavy (non-hydrogen) atoms. The van der Waals surface area contributed by atoms with Crippen LogP contribution in [-0.2, 0) is 44.6 Å². The third kappa shape index (κ3) is 11.7. The molecule has 0 bridgehead atoms. The molecule has 1 aliphatic rings. The van der Waals surface area contributed by atoms with Gasteiger partial charge in [0.2, 0.25) is 0 Å². The quantitative estimate of drug-likeness (QED) is 0.0966. The molecule has 1 fully saturated rings. The first-order valence-electron chi connectivity index (χ1n) is 12.3. The van der Waals surface area contributed by atoms with Crippen molar-refractivity contribution in [1.82, 2.24) is 0 Å². The lowest BCUT2D eigenvalue weighted by molar-refractivity contribution is -0.283. The summed E-state index contributed by atoms with van der Waals surface area (Å²) in [7, 11) is 0. The summed E-state index contributed by atoms with van der Waals surface area (Å²) in [6, 6.07) is 9.97. The molecule has 1 aliphatic heterocycles. The van der Waals surface area contributed by atoms with E-state index in [0.717, 1.165) is 5.56 Å². The maximum absolute atomic E-state index is 11.7. The Labute approximate surface area is 212 Å². The zero-order valence-electron chi connectivity index (χ0n) is 21.5. The second-order valence-electron chi connectivity index (χ2n) is 8.50. The average Bonchev–Trinajstić information content (AvgIpc) is 2.87. The highest BCUT2D eigenvalue weighted by Gasteiger charge is 2.44. The van der Waals surface area contributed by atoms with Crippen molar-refractivity contribution in [3.05, 3.63) is 46.3 Å². The van der Waals surface area contributed by atoms with Crippen LogP contribution in [0.2, 0.25) is 0 Å². The molecule has 0 N–H and O–H groups in total. The van der Waals surface area contributed by atoms with Gasteiger partial charge in [-0.3, -0.25) is 4.79 Å². The SMILES string of the molecule is CC(=O)O[C@@H]1C(C)[C@H](C)C(COCc2ccccc2)O[C@@H]1OCCOCCOCCOCCN=[N+]=[N-]. The first kappa shape index (κ1) is 30.0. The first-order chi connectivity index (χ1) is 17.5. The van der Waals surface area contributed by atoms with Gasteiger partial charge >= 0.3 is 5.97 Å². The van der Waals surface area contributed by atoms with E-state index in [1.165, 1.54) is 6.92 Å². The number of carbonyl (C=O) groups excluding carboxylic acids is 1. The van der Waals surface area contributed by atoms with Crippen LogP contribution in [0.4, 0.5) is 0 Å². The van der Waals surface area contributed by atoms with Gasteiger partial charge in [-0.2, -0.15) is 0 Å². The Kier molecular flexibility index (Phi) is 15.1. The van der Waals surface area contributed by atoms with E-state index >= 15 is 0 Å². The van der Waals surface area contributed by atoms with Gasteiger partial charge in [-0.1, -0.05) is 49.3 Å². The van der Waals surface area contributed by atoms with Gasteiger partial charge in [-0.05, 0) is 17.0 Å². The van der Waals surface area contributed by atoms with E-state index in [1.807, 2.05) is 37.3 Å². The van der Waals surface area contributed by atoms with Crippen LogP contribution < -0.4 is 0 Å². The Morgan fingerprint density at radius 3 is 2.22 bits per heavy atom. The molecule has 1 heterocycles. The molecule has 2 rings (SSSR count). The van der Waals surface area contributed by atoms with E-state index in [0.29, 0.717) is 59.4 Å². The number of carbonyl (C=O) groups is 1. The van der Waals surface area contributed by atoms with Gasteiger partial charge < -0.3 is 33.2 Å². The van der Waals surface area contributed by atoms with Crippen molar-refractivity contribution in [1.29, 1.82) is 0 Å². The second-order valence-corrected chi connectivity index (χ2v) is 8.50. The fourth-order valence-electron chi connectivity index (χ4n) is 3.72. The normalized spacial score (nSPS) is 23.7. The summed E-state index contributed by atoms with van der Waals surface area (Å²) in [5, 5.41) is 3.38. The number of azide groups is 1. The molecule has 11 heteroatoms. The largest absolute Gasteiger partial charge is 0.457 e. The van der Waals surface area contributed by atoms with Crippen LogP contribution in [0.3, 0.4) is 0 Å². The van der Waals surface area contributed by atoms with Gasteiger partial charge in [-0.15, -0.1) is 0 Å². The summed E-state index contributed by atoms with van der Waals surface area (Å²) in [4.78, 5) is 14.3. The third-order valence-electron chi connectivity index (χ3n) is 5.86. The summed E-state index contributed by atoms with van der Waals surface area (Å²) in [6.07, 6.45) is -1.40. The Bertz CT molecular complexity index is 778. The maximum Gasteiger partial charge on any atom is 0.303 e. The summed E-state index contributed by atoms with van der Waals surface area (Å²) in [6.45, 7) is 9.40. The summed E-state index contributed by atoms with van der Waals surface area (Å²) in [5.74, 6) is -0.229. The van der Waals surface area contributed by atoms with Crippen LogP contribution in [0.5, 0.6) is 0 Å². The molecule has 1 aromatic rings. The number of benzene rings is 1.